The van der Waals surface area contributed by atoms with Crippen molar-refractivity contribution >= 4 is 0 Å². The maximum atomic E-state index is 10.0. The first-order valence-electron chi connectivity index (χ1n) is 8.58. The fourth-order valence-corrected chi connectivity index (χ4v) is 3.78. The Hall–Kier alpha value is -1.26. The summed E-state index contributed by atoms with van der Waals surface area (Å²) in [6.45, 7) is 5.65. The molecule has 0 unspecified atom stereocenters. The molecule has 0 radical (unpaired) electrons. The zero-order valence-electron chi connectivity index (χ0n) is 13.6. The third-order valence-electron chi connectivity index (χ3n) is 5.14. The molecule has 2 heterocycles. The molecule has 4 nitrogen and oxygen atoms in total. The summed E-state index contributed by atoms with van der Waals surface area (Å²) < 4.78 is 5.26. The molecular formula is C18H28N2O2. The van der Waals surface area contributed by atoms with Crippen molar-refractivity contribution in [2.45, 2.75) is 44.7 Å². The highest BCUT2D eigenvalue weighted by Gasteiger charge is 2.25. The van der Waals surface area contributed by atoms with Gasteiger partial charge in [0, 0.05) is 18.2 Å². The van der Waals surface area contributed by atoms with E-state index in [0.717, 1.165) is 37.0 Å². The molecule has 1 N–H and O–H groups in total. The number of rotatable bonds is 4. The first-order valence-corrected chi connectivity index (χ1v) is 8.58. The van der Waals surface area contributed by atoms with Gasteiger partial charge in [-0.25, -0.2) is 0 Å². The van der Waals surface area contributed by atoms with Crippen molar-refractivity contribution in [2.24, 2.45) is 0 Å². The standard InChI is InChI=1S/C18H28N2O2/c1-22-17-5-6-18(21)15(13-17)14-19-11-7-16(8-12-19)20-9-3-2-4-10-20/h5-6,13,16,21H,2-4,7-12,14H2,1H3. The highest BCUT2D eigenvalue weighted by molar-refractivity contribution is 5.39. The number of phenols is 1. The summed E-state index contributed by atoms with van der Waals surface area (Å²) in [6, 6.07) is 6.26. The molecule has 2 aliphatic rings. The minimum Gasteiger partial charge on any atom is -0.508 e. The van der Waals surface area contributed by atoms with Crippen LogP contribution < -0.4 is 4.74 Å². The molecule has 4 heteroatoms. The summed E-state index contributed by atoms with van der Waals surface area (Å²) in [4.78, 5) is 5.15. The van der Waals surface area contributed by atoms with Gasteiger partial charge in [0.05, 0.1) is 7.11 Å². The normalized spacial score (nSPS) is 21.9. The first kappa shape index (κ1) is 15.6. The predicted molar refractivity (Wildman–Crippen MR) is 88.4 cm³/mol. The number of piperidine rings is 2. The van der Waals surface area contributed by atoms with Gasteiger partial charge in [-0.3, -0.25) is 4.90 Å². The quantitative estimate of drug-likeness (QED) is 0.928. The number of benzene rings is 1. The van der Waals surface area contributed by atoms with Crippen molar-refractivity contribution in [1.82, 2.24) is 9.80 Å². The number of likely N-dealkylation sites (tertiary alicyclic amines) is 2. The molecule has 2 aliphatic heterocycles. The van der Waals surface area contributed by atoms with Crippen LogP contribution in [0.2, 0.25) is 0 Å². The van der Waals surface area contributed by atoms with Crippen molar-refractivity contribution in [3.05, 3.63) is 23.8 Å². The number of ether oxygens (including phenoxy) is 1. The van der Waals surface area contributed by atoms with Gasteiger partial charge in [0.1, 0.15) is 11.5 Å². The smallest absolute Gasteiger partial charge is 0.120 e. The fraction of sp³-hybridized carbons (Fsp3) is 0.667. The molecule has 0 bridgehead atoms. The number of methoxy groups -OCH3 is 1. The van der Waals surface area contributed by atoms with Gasteiger partial charge in [-0.2, -0.15) is 0 Å². The monoisotopic (exact) mass is 304 g/mol. The molecule has 1 aromatic rings. The molecule has 122 valence electrons. The summed E-state index contributed by atoms with van der Waals surface area (Å²) in [5, 5.41) is 10.0. The molecule has 0 atom stereocenters. The number of hydrogen-bond acceptors (Lipinski definition) is 4. The Labute approximate surface area is 133 Å². The Morgan fingerprint density at radius 1 is 1.09 bits per heavy atom. The Morgan fingerprint density at radius 3 is 2.50 bits per heavy atom. The Morgan fingerprint density at radius 2 is 1.82 bits per heavy atom. The van der Waals surface area contributed by atoms with Crippen molar-refractivity contribution in [3.63, 3.8) is 0 Å². The zero-order valence-corrected chi connectivity index (χ0v) is 13.6. The van der Waals surface area contributed by atoms with Crippen LogP contribution in [-0.4, -0.2) is 54.2 Å². The highest BCUT2D eigenvalue weighted by Crippen LogP contribution is 2.26. The number of aromatic hydroxyl groups is 1. The Balaban J connectivity index is 1.53. The van der Waals surface area contributed by atoms with Gasteiger partial charge >= 0.3 is 0 Å². The van der Waals surface area contributed by atoms with E-state index in [-0.39, 0.29) is 0 Å². The summed E-state index contributed by atoms with van der Waals surface area (Å²) in [5.41, 5.74) is 0.968. The van der Waals surface area contributed by atoms with E-state index in [4.69, 9.17) is 4.74 Å². The predicted octanol–water partition coefficient (Wildman–Crippen LogP) is 2.85. The van der Waals surface area contributed by atoms with Crippen molar-refractivity contribution < 1.29 is 9.84 Å². The number of nitrogens with zero attached hydrogens (tertiary/aromatic N) is 2. The highest BCUT2D eigenvalue weighted by atomic mass is 16.5. The molecule has 0 aromatic heterocycles. The van der Waals surface area contributed by atoms with E-state index >= 15 is 0 Å². The van der Waals surface area contributed by atoms with Crippen LogP contribution in [0.3, 0.4) is 0 Å². The average molecular weight is 304 g/mol. The molecular weight excluding hydrogens is 276 g/mol. The largest absolute Gasteiger partial charge is 0.508 e. The van der Waals surface area contributed by atoms with E-state index in [2.05, 4.69) is 9.80 Å². The Kier molecular flexibility index (Phi) is 5.21. The molecule has 0 spiro atoms. The van der Waals surface area contributed by atoms with Crippen molar-refractivity contribution in [1.29, 1.82) is 0 Å². The van der Waals surface area contributed by atoms with E-state index in [1.807, 2.05) is 6.07 Å². The molecule has 3 rings (SSSR count). The Bertz CT molecular complexity index is 478. The van der Waals surface area contributed by atoms with Crippen LogP contribution in [0, 0.1) is 0 Å². The van der Waals surface area contributed by atoms with E-state index < -0.39 is 0 Å². The van der Waals surface area contributed by atoms with Crippen LogP contribution in [0.4, 0.5) is 0 Å². The van der Waals surface area contributed by atoms with Crippen LogP contribution in [-0.2, 0) is 6.54 Å². The molecule has 2 fully saturated rings. The number of phenolic OH excluding ortho intramolecular Hbond substituents is 1. The summed E-state index contributed by atoms with van der Waals surface area (Å²) in [6.07, 6.45) is 6.66. The van der Waals surface area contributed by atoms with Gasteiger partial charge in [-0.05, 0) is 70.1 Å². The van der Waals surface area contributed by atoms with Crippen LogP contribution in [0.25, 0.3) is 0 Å². The van der Waals surface area contributed by atoms with E-state index in [1.165, 1.54) is 45.2 Å². The lowest BCUT2D eigenvalue weighted by atomic mass is 9.99. The maximum absolute atomic E-state index is 10.0. The van der Waals surface area contributed by atoms with Crippen LogP contribution >= 0.6 is 0 Å². The second-order valence-electron chi connectivity index (χ2n) is 6.60. The van der Waals surface area contributed by atoms with E-state index in [1.54, 1.807) is 19.2 Å². The lowest BCUT2D eigenvalue weighted by Gasteiger charge is -2.40. The van der Waals surface area contributed by atoms with Gasteiger partial charge in [0.15, 0.2) is 0 Å². The van der Waals surface area contributed by atoms with Gasteiger partial charge in [-0.15, -0.1) is 0 Å². The van der Waals surface area contributed by atoms with Crippen LogP contribution in [0.1, 0.15) is 37.7 Å². The summed E-state index contributed by atoms with van der Waals surface area (Å²) >= 11 is 0. The van der Waals surface area contributed by atoms with Crippen LogP contribution in [0.15, 0.2) is 18.2 Å². The minimum absolute atomic E-state index is 0.374. The first-order chi connectivity index (χ1) is 10.8. The van der Waals surface area contributed by atoms with Crippen LogP contribution in [0.5, 0.6) is 11.5 Å². The molecule has 0 amide bonds. The fourth-order valence-electron chi connectivity index (χ4n) is 3.78. The summed E-state index contributed by atoms with van der Waals surface area (Å²) in [5.74, 6) is 1.19. The SMILES string of the molecule is COc1ccc(O)c(CN2CCC(N3CCCCC3)CC2)c1. The third kappa shape index (κ3) is 3.73. The molecule has 0 saturated carbocycles. The molecule has 0 aliphatic carbocycles. The third-order valence-corrected chi connectivity index (χ3v) is 5.14. The number of hydrogen-bond donors (Lipinski definition) is 1. The van der Waals surface area contributed by atoms with E-state index in [0.29, 0.717) is 5.75 Å². The second-order valence-corrected chi connectivity index (χ2v) is 6.60. The topological polar surface area (TPSA) is 35.9 Å². The van der Waals surface area contributed by atoms with Crippen molar-refractivity contribution in [2.75, 3.05) is 33.3 Å². The van der Waals surface area contributed by atoms with Gasteiger partial charge in [0.25, 0.3) is 0 Å². The zero-order chi connectivity index (χ0) is 15.4. The molecule has 22 heavy (non-hydrogen) atoms. The average Bonchev–Trinajstić information content (AvgIpc) is 2.58. The van der Waals surface area contributed by atoms with Gasteiger partial charge < -0.3 is 14.7 Å². The summed E-state index contributed by atoms with van der Waals surface area (Å²) in [7, 11) is 1.67. The van der Waals surface area contributed by atoms with Gasteiger partial charge in [0.2, 0.25) is 0 Å². The minimum atomic E-state index is 0.374. The molecule has 1 aromatic carbocycles. The lowest BCUT2D eigenvalue weighted by Crippen LogP contribution is -2.46. The second kappa shape index (κ2) is 7.34. The van der Waals surface area contributed by atoms with Gasteiger partial charge in [-0.1, -0.05) is 6.42 Å². The van der Waals surface area contributed by atoms with Crippen molar-refractivity contribution in [3.8, 4) is 11.5 Å². The molecule has 2 saturated heterocycles. The lowest BCUT2D eigenvalue weighted by molar-refractivity contribution is 0.0893. The maximum Gasteiger partial charge on any atom is 0.120 e. The van der Waals surface area contributed by atoms with E-state index in [9.17, 15) is 5.11 Å².